The van der Waals surface area contributed by atoms with Gasteiger partial charge in [-0.05, 0) is 54.8 Å². The molecule has 2 aliphatic rings. The van der Waals surface area contributed by atoms with E-state index in [4.69, 9.17) is 4.74 Å². The van der Waals surface area contributed by atoms with E-state index in [0.717, 1.165) is 61.0 Å². The number of carbonyl (C=O) groups is 1. The zero-order valence-corrected chi connectivity index (χ0v) is 18.3. The van der Waals surface area contributed by atoms with Gasteiger partial charge in [-0.1, -0.05) is 25.0 Å². The fraction of sp³-hybridized carbons (Fsp3) is 0.423. The fourth-order valence-corrected chi connectivity index (χ4v) is 5.18. The lowest BCUT2D eigenvalue weighted by Gasteiger charge is -2.38. The van der Waals surface area contributed by atoms with E-state index in [9.17, 15) is 4.79 Å². The average molecular weight is 418 g/mol. The lowest BCUT2D eigenvalue weighted by molar-refractivity contribution is 0.0573. The van der Waals surface area contributed by atoms with Crippen molar-refractivity contribution in [2.24, 2.45) is 0 Å². The van der Waals surface area contributed by atoms with E-state index in [0.29, 0.717) is 0 Å². The number of carbonyl (C=O) groups excluding carboxylic acids is 1. The normalized spacial score (nSPS) is 18.0. The number of ether oxygens (including phenoxy) is 1. The average Bonchev–Trinajstić information content (AvgIpc) is 3.49. The van der Waals surface area contributed by atoms with Gasteiger partial charge in [0.2, 0.25) is 0 Å². The van der Waals surface area contributed by atoms with Crippen LogP contribution in [0, 0.1) is 0 Å². The Morgan fingerprint density at radius 1 is 1.00 bits per heavy atom. The second-order valence-corrected chi connectivity index (χ2v) is 8.84. The maximum Gasteiger partial charge on any atom is 0.253 e. The summed E-state index contributed by atoms with van der Waals surface area (Å²) >= 11 is 0. The van der Waals surface area contributed by atoms with E-state index >= 15 is 0 Å². The number of hydrogen-bond acceptors (Lipinski definition) is 3. The lowest BCUT2D eigenvalue weighted by atomic mass is 10.1. The summed E-state index contributed by atoms with van der Waals surface area (Å²) in [6, 6.07) is 17.1. The second-order valence-electron chi connectivity index (χ2n) is 8.84. The Kier molecular flexibility index (Phi) is 5.68. The largest absolute Gasteiger partial charge is 0.497 e. The second kappa shape index (κ2) is 8.75. The first kappa shape index (κ1) is 20.1. The van der Waals surface area contributed by atoms with Gasteiger partial charge in [-0.25, -0.2) is 0 Å². The van der Waals surface area contributed by atoms with Gasteiger partial charge in [0.05, 0.1) is 7.11 Å². The molecule has 5 nitrogen and oxygen atoms in total. The Balaban J connectivity index is 1.27. The van der Waals surface area contributed by atoms with Gasteiger partial charge < -0.3 is 14.2 Å². The Hall–Kier alpha value is -2.79. The molecule has 5 heteroatoms. The van der Waals surface area contributed by atoms with Crippen LogP contribution in [0.2, 0.25) is 0 Å². The van der Waals surface area contributed by atoms with E-state index in [1.807, 2.05) is 29.2 Å². The molecule has 2 heterocycles. The van der Waals surface area contributed by atoms with Crippen LogP contribution in [0.3, 0.4) is 0 Å². The van der Waals surface area contributed by atoms with E-state index in [2.05, 4.69) is 39.9 Å². The number of benzene rings is 2. The van der Waals surface area contributed by atoms with Crippen LogP contribution in [0.5, 0.6) is 5.75 Å². The van der Waals surface area contributed by atoms with Crippen molar-refractivity contribution in [3.8, 4) is 5.75 Å². The van der Waals surface area contributed by atoms with Crippen LogP contribution in [0.25, 0.3) is 10.9 Å². The Bertz CT molecular complexity index is 1060. The molecule has 2 aromatic carbocycles. The summed E-state index contributed by atoms with van der Waals surface area (Å²) in [6.45, 7) is 4.47. The number of rotatable bonds is 5. The maximum atomic E-state index is 13.1. The smallest absolute Gasteiger partial charge is 0.253 e. The van der Waals surface area contributed by atoms with Crippen LogP contribution in [-0.2, 0) is 6.54 Å². The van der Waals surface area contributed by atoms with Gasteiger partial charge in [-0.3, -0.25) is 9.69 Å². The van der Waals surface area contributed by atoms with E-state index in [-0.39, 0.29) is 5.91 Å². The molecule has 0 radical (unpaired) electrons. The van der Waals surface area contributed by atoms with Gasteiger partial charge in [-0.15, -0.1) is 0 Å². The minimum Gasteiger partial charge on any atom is -0.497 e. The fourth-order valence-electron chi connectivity index (χ4n) is 5.18. The molecule has 162 valence electrons. The number of hydrogen-bond donors (Lipinski definition) is 0. The molecule has 1 aliphatic heterocycles. The molecule has 0 atom stereocenters. The quantitative estimate of drug-likeness (QED) is 0.618. The highest BCUT2D eigenvalue weighted by molar-refractivity contribution is 5.98. The molecule has 0 bridgehead atoms. The van der Waals surface area contributed by atoms with Crippen molar-refractivity contribution >= 4 is 16.8 Å². The third-order valence-electron chi connectivity index (χ3n) is 6.95. The topological polar surface area (TPSA) is 37.7 Å². The summed E-state index contributed by atoms with van der Waals surface area (Å²) in [5, 5.41) is 1.11. The van der Waals surface area contributed by atoms with Crippen LogP contribution < -0.4 is 4.74 Å². The molecule has 31 heavy (non-hydrogen) atoms. The first-order valence-corrected chi connectivity index (χ1v) is 11.5. The Morgan fingerprint density at radius 3 is 2.58 bits per heavy atom. The van der Waals surface area contributed by atoms with Gasteiger partial charge >= 0.3 is 0 Å². The summed E-state index contributed by atoms with van der Waals surface area (Å²) in [5.41, 5.74) is 3.13. The van der Waals surface area contributed by atoms with Crippen molar-refractivity contribution in [2.45, 2.75) is 38.3 Å². The number of piperazine rings is 1. The Labute approximate surface area is 184 Å². The molecule has 2 fully saturated rings. The standard InChI is InChI=1S/C26H31N3O2/c1-31-24-8-4-5-20(17-24)19-29-12-11-21-18-22(9-10-25(21)29)26(30)28-15-13-27(14-16-28)23-6-2-3-7-23/h4-5,8-12,17-18,23H,2-3,6-7,13-16,19H2,1H3. The molecular formula is C26H31N3O2. The third-order valence-corrected chi connectivity index (χ3v) is 6.95. The summed E-state index contributed by atoms with van der Waals surface area (Å²) < 4.78 is 7.56. The molecule has 1 amide bonds. The van der Waals surface area contributed by atoms with Crippen molar-refractivity contribution in [3.63, 3.8) is 0 Å². The number of methoxy groups -OCH3 is 1. The minimum atomic E-state index is 0.161. The predicted molar refractivity (Wildman–Crippen MR) is 124 cm³/mol. The van der Waals surface area contributed by atoms with Gasteiger partial charge in [0.1, 0.15) is 5.75 Å². The molecular weight excluding hydrogens is 386 g/mol. The number of nitrogens with zero attached hydrogens (tertiary/aromatic N) is 3. The highest BCUT2D eigenvalue weighted by atomic mass is 16.5. The monoisotopic (exact) mass is 417 g/mol. The minimum absolute atomic E-state index is 0.161. The molecule has 0 unspecified atom stereocenters. The Morgan fingerprint density at radius 2 is 1.81 bits per heavy atom. The molecule has 1 aromatic heterocycles. The molecule has 1 saturated heterocycles. The van der Waals surface area contributed by atoms with E-state index < -0.39 is 0 Å². The van der Waals surface area contributed by atoms with E-state index in [1.165, 1.54) is 31.2 Å². The van der Waals surface area contributed by atoms with Crippen molar-refractivity contribution in [3.05, 3.63) is 65.9 Å². The predicted octanol–water partition coefficient (Wildman–Crippen LogP) is 4.40. The van der Waals surface area contributed by atoms with Crippen molar-refractivity contribution in [1.29, 1.82) is 0 Å². The zero-order valence-electron chi connectivity index (χ0n) is 18.3. The first-order chi connectivity index (χ1) is 15.2. The van der Waals surface area contributed by atoms with Crippen LogP contribution in [0.15, 0.2) is 54.7 Å². The summed E-state index contributed by atoms with van der Waals surface area (Å²) in [6.07, 6.45) is 7.48. The number of fused-ring (bicyclic) bond motifs is 1. The van der Waals surface area contributed by atoms with Gasteiger partial charge in [0.15, 0.2) is 0 Å². The van der Waals surface area contributed by atoms with Gasteiger partial charge in [0, 0.05) is 61.4 Å². The molecule has 0 spiro atoms. The summed E-state index contributed by atoms with van der Waals surface area (Å²) in [4.78, 5) is 17.7. The summed E-state index contributed by atoms with van der Waals surface area (Å²) in [7, 11) is 1.69. The van der Waals surface area contributed by atoms with E-state index in [1.54, 1.807) is 7.11 Å². The molecule has 3 aromatic rings. The number of amides is 1. The van der Waals surface area contributed by atoms with Crippen molar-refractivity contribution < 1.29 is 9.53 Å². The summed E-state index contributed by atoms with van der Waals surface area (Å²) in [5.74, 6) is 1.03. The highest BCUT2D eigenvalue weighted by Crippen LogP contribution is 2.25. The van der Waals surface area contributed by atoms with Crippen LogP contribution in [0.1, 0.15) is 41.6 Å². The first-order valence-electron chi connectivity index (χ1n) is 11.5. The SMILES string of the molecule is COc1cccc(Cn2ccc3cc(C(=O)N4CCN(C5CCCC5)CC4)ccc32)c1. The van der Waals surface area contributed by atoms with Crippen LogP contribution >= 0.6 is 0 Å². The van der Waals surface area contributed by atoms with Gasteiger partial charge in [-0.2, -0.15) is 0 Å². The van der Waals surface area contributed by atoms with Crippen LogP contribution in [0.4, 0.5) is 0 Å². The van der Waals surface area contributed by atoms with Gasteiger partial charge in [0.25, 0.3) is 5.91 Å². The van der Waals surface area contributed by atoms with Crippen molar-refractivity contribution in [1.82, 2.24) is 14.4 Å². The van der Waals surface area contributed by atoms with Crippen molar-refractivity contribution in [2.75, 3.05) is 33.3 Å². The molecule has 1 aliphatic carbocycles. The number of aromatic nitrogens is 1. The van der Waals surface area contributed by atoms with Crippen LogP contribution in [-0.4, -0.2) is 59.6 Å². The zero-order chi connectivity index (χ0) is 21.2. The maximum absolute atomic E-state index is 13.1. The highest BCUT2D eigenvalue weighted by Gasteiger charge is 2.28. The molecule has 0 N–H and O–H groups in total. The third kappa shape index (κ3) is 4.19. The lowest BCUT2D eigenvalue weighted by Crippen LogP contribution is -2.51. The molecule has 1 saturated carbocycles. The molecule has 5 rings (SSSR count).